The molecule has 0 bridgehead atoms. The van der Waals surface area contributed by atoms with Crippen LogP contribution in [0, 0.1) is 34.5 Å². The van der Waals surface area contributed by atoms with Gasteiger partial charge in [0.25, 0.3) is 0 Å². The number of epoxide rings is 2. The Balaban J connectivity index is 0.000000280. The van der Waals surface area contributed by atoms with Gasteiger partial charge in [-0.1, -0.05) is 148 Å². The van der Waals surface area contributed by atoms with E-state index in [0.717, 1.165) is 27.9 Å². The third kappa shape index (κ3) is 25.3. The number of rotatable bonds is 24. The first-order valence-corrected chi connectivity index (χ1v) is 37.6. The summed E-state index contributed by atoms with van der Waals surface area (Å²) in [7, 11) is 3.00. The first kappa shape index (κ1) is 85.7. The molecule has 110 heavy (non-hydrogen) atoms. The molecule has 5 heterocycles. The number of benzene rings is 4. The quantitative estimate of drug-likeness (QED) is 0.00956. The van der Waals surface area contributed by atoms with Gasteiger partial charge in [-0.3, -0.25) is 33.6 Å². The second kappa shape index (κ2) is 39.7. The number of aryl methyl sites for hydroxylation is 1. The number of cyclic esters (lactones) is 4. The number of carboxylic acids is 1. The minimum absolute atomic E-state index is 0.00610. The highest BCUT2D eigenvalue weighted by Crippen LogP contribution is 2.47. The predicted octanol–water partition coefficient (Wildman–Crippen LogP) is 11.1. The van der Waals surface area contributed by atoms with Gasteiger partial charge in [0, 0.05) is 68.1 Å². The average Bonchev–Trinajstić information content (AvgIpc) is 1.58. The number of nitrogens with one attached hydrogen (secondary N) is 4. The molecular weight excluding hydrogens is 1460 g/mol. The lowest BCUT2D eigenvalue weighted by molar-refractivity contribution is -0.179. The fraction of sp³-hybridized carbons (Fsp3) is 0.512. The van der Waals surface area contributed by atoms with E-state index < -0.39 is 101 Å². The maximum absolute atomic E-state index is 13.8. The second-order valence-corrected chi connectivity index (χ2v) is 31.0. The van der Waals surface area contributed by atoms with Crippen molar-refractivity contribution >= 4 is 76.7 Å². The van der Waals surface area contributed by atoms with Gasteiger partial charge in [0.05, 0.1) is 66.1 Å². The number of carboxylic acid groups (broad SMARTS) is 1. The van der Waals surface area contributed by atoms with Gasteiger partial charge in [-0.25, -0.2) is 14.3 Å². The van der Waals surface area contributed by atoms with Crippen molar-refractivity contribution in [2.45, 2.75) is 201 Å². The Labute approximate surface area is 650 Å². The molecule has 5 N–H and O–H groups in total. The summed E-state index contributed by atoms with van der Waals surface area (Å²) in [5.41, 5.74) is 11.9. The Kier molecular flexibility index (Phi) is 30.9. The summed E-state index contributed by atoms with van der Waals surface area (Å²) in [6.07, 6.45) is 4.64. The molecule has 4 aliphatic heterocycles. The molecule has 12 atom stereocenters. The zero-order chi connectivity index (χ0) is 80.1. The Morgan fingerprint density at radius 1 is 0.636 bits per heavy atom. The third-order valence-electron chi connectivity index (χ3n) is 19.2. The lowest BCUT2D eigenvalue weighted by atomic mass is 9.92. The molecule has 4 amide bonds. The Hall–Kier alpha value is -9.86. The standard InChI is InChI=1S/C43H54ClN5O10.C37H46ClN5O8/c1-25(2)19-35-41(54)57-33(26(3)38-39(59-38)29-16-13-27(14-17-29)22-49-23-30(47-48-49)9-7-12-37(51)52)10-8-11-36(50)46-32(21-28-15-18-34(56-6)31(44)20-28)40(53)45-24-43(4,5)42(55)58-35;1-21(2)16-30-35(46)49-28(22(3)32-33(51-32)25-13-10-23(11-14-25)19-41-43-39)8-7-9-31(44)42-27(18-24-12-15-29(48-6)26(38)17-24)34(45)40-20-37(4,5)36(47)50-30/h8,11,13-18,20,23,25-26,32-33,35,38-39H,7,9-10,12,19,21-22,24H2,1-6H3,(H,45,53)(H,46,50)(H,51,52);7,9-15,17,21-22,27-28,30,32-33H,8,16,18-20H2,1-6H3,(H,40,45)(H,42,44)/b11-8+;9-7+/t26-,32+,33-,35-,38+,39+;22-,27+,28-,30-,32+,33+/m00/s1. The van der Waals surface area contributed by atoms with E-state index in [1.54, 1.807) is 80.9 Å². The van der Waals surface area contributed by atoms with Gasteiger partial charge in [0.15, 0.2) is 12.2 Å². The molecule has 0 aliphatic carbocycles. The van der Waals surface area contributed by atoms with E-state index >= 15 is 0 Å². The lowest BCUT2D eigenvalue weighted by Gasteiger charge is -2.29. The van der Waals surface area contributed by atoms with Crippen molar-refractivity contribution in [2.24, 2.45) is 39.6 Å². The van der Waals surface area contributed by atoms with Crippen molar-refractivity contribution in [3.8, 4) is 11.5 Å². The minimum atomic E-state index is -1.24. The van der Waals surface area contributed by atoms with Crippen LogP contribution in [0.2, 0.25) is 10.0 Å². The van der Waals surface area contributed by atoms with Crippen LogP contribution in [-0.4, -0.2) is 150 Å². The van der Waals surface area contributed by atoms with Crippen LogP contribution in [0.15, 0.2) is 121 Å². The summed E-state index contributed by atoms with van der Waals surface area (Å²) < 4.78 is 48.2. The molecule has 30 heteroatoms. The van der Waals surface area contributed by atoms with Crippen LogP contribution >= 0.6 is 23.2 Å². The number of azide groups is 1. The molecule has 9 rings (SSSR count). The van der Waals surface area contributed by atoms with Gasteiger partial charge >= 0.3 is 29.8 Å². The third-order valence-corrected chi connectivity index (χ3v) is 19.8. The number of methoxy groups -OCH3 is 2. The second-order valence-electron chi connectivity index (χ2n) is 30.2. The van der Waals surface area contributed by atoms with Crippen molar-refractivity contribution < 1.29 is 86.2 Å². The van der Waals surface area contributed by atoms with Crippen LogP contribution in [0.1, 0.15) is 159 Å². The van der Waals surface area contributed by atoms with Gasteiger partial charge in [-0.2, -0.15) is 0 Å². The van der Waals surface area contributed by atoms with E-state index in [-0.39, 0.29) is 113 Å². The number of aromatic nitrogens is 3. The van der Waals surface area contributed by atoms with Crippen molar-refractivity contribution in [1.29, 1.82) is 0 Å². The molecule has 4 aromatic carbocycles. The van der Waals surface area contributed by atoms with Crippen molar-refractivity contribution in [1.82, 2.24) is 36.3 Å². The molecule has 0 radical (unpaired) electrons. The Morgan fingerprint density at radius 3 is 1.46 bits per heavy atom. The highest BCUT2D eigenvalue weighted by Gasteiger charge is 2.50. The molecule has 0 unspecified atom stereocenters. The number of halogens is 2. The van der Waals surface area contributed by atoms with Crippen molar-refractivity contribution in [3.05, 3.63) is 175 Å². The van der Waals surface area contributed by atoms with E-state index in [4.69, 9.17) is 71.7 Å². The van der Waals surface area contributed by atoms with Gasteiger partial charge in [0.1, 0.15) is 48.0 Å². The number of esters is 4. The van der Waals surface area contributed by atoms with Crippen LogP contribution in [0.5, 0.6) is 11.5 Å². The van der Waals surface area contributed by atoms with Crippen LogP contribution in [0.3, 0.4) is 0 Å². The largest absolute Gasteiger partial charge is 0.495 e. The van der Waals surface area contributed by atoms with Crippen molar-refractivity contribution in [3.63, 3.8) is 0 Å². The van der Waals surface area contributed by atoms with Gasteiger partial charge in [0.2, 0.25) is 23.6 Å². The summed E-state index contributed by atoms with van der Waals surface area (Å²) in [6.45, 7) is 18.3. The van der Waals surface area contributed by atoms with Crippen LogP contribution in [0.4, 0.5) is 0 Å². The summed E-state index contributed by atoms with van der Waals surface area (Å²) in [4.78, 5) is 122. The Morgan fingerprint density at radius 2 is 1.06 bits per heavy atom. The zero-order valence-electron chi connectivity index (χ0n) is 64.1. The number of ether oxygens (including phenoxy) is 8. The lowest BCUT2D eigenvalue weighted by Crippen LogP contribution is -2.51. The van der Waals surface area contributed by atoms with E-state index in [2.05, 4.69) is 41.6 Å². The average molecular weight is 1560 g/mol. The number of hydrogen-bond donors (Lipinski definition) is 5. The molecule has 2 fully saturated rings. The molecule has 2 saturated heterocycles. The van der Waals surface area contributed by atoms with Gasteiger partial charge in [-0.15, -0.1) is 5.10 Å². The molecule has 0 spiro atoms. The summed E-state index contributed by atoms with van der Waals surface area (Å²) in [6, 6.07) is 23.6. The number of carbonyl (C=O) groups is 9. The van der Waals surface area contributed by atoms with E-state index in [9.17, 15) is 43.2 Å². The normalized spacial score (nSPS) is 24.5. The summed E-state index contributed by atoms with van der Waals surface area (Å²) >= 11 is 12.7. The summed E-state index contributed by atoms with van der Waals surface area (Å²) in [5.74, 6) is -5.45. The van der Waals surface area contributed by atoms with Gasteiger partial charge < -0.3 is 64.3 Å². The maximum Gasteiger partial charge on any atom is 0.347 e. The molecule has 1 aromatic heterocycles. The molecule has 28 nitrogen and oxygen atoms in total. The fourth-order valence-corrected chi connectivity index (χ4v) is 13.1. The zero-order valence-corrected chi connectivity index (χ0v) is 65.6. The minimum Gasteiger partial charge on any atom is -0.495 e. The molecule has 4 aliphatic rings. The Bertz CT molecular complexity index is 4180. The van der Waals surface area contributed by atoms with E-state index in [1.165, 1.54) is 26.4 Å². The highest BCUT2D eigenvalue weighted by atomic mass is 35.5. The van der Waals surface area contributed by atoms with Gasteiger partial charge in [-0.05, 0) is 141 Å². The number of aliphatic carboxylic acids is 1. The van der Waals surface area contributed by atoms with Crippen LogP contribution in [0.25, 0.3) is 10.4 Å². The highest BCUT2D eigenvalue weighted by molar-refractivity contribution is 6.32. The van der Waals surface area contributed by atoms with Crippen LogP contribution < -0.4 is 30.7 Å². The van der Waals surface area contributed by atoms with Crippen molar-refractivity contribution in [2.75, 3.05) is 27.3 Å². The summed E-state index contributed by atoms with van der Waals surface area (Å²) in [5, 5.41) is 32.6. The first-order valence-electron chi connectivity index (χ1n) is 36.8. The number of carbonyl (C=O) groups excluding carboxylic acids is 8. The maximum atomic E-state index is 13.8. The molecular formula is C80H100Cl2N10O18. The smallest absolute Gasteiger partial charge is 0.347 e. The molecule has 5 aromatic rings. The molecule has 0 saturated carbocycles. The van der Waals surface area contributed by atoms with E-state index in [1.807, 2.05) is 96.3 Å². The van der Waals surface area contributed by atoms with E-state index in [0.29, 0.717) is 52.1 Å². The SMILES string of the molecule is COc1ccc(C[C@H]2NC(=O)/C=C/C[C@@H]([C@H](C)[C@H]3O[C@@H]3c3ccc(CN=[N+]=[N-])cc3)OC(=O)[C@H](CC(C)C)OC(=O)C(C)(C)CNC2=O)cc1Cl.COc1ccc(C[C@H]2NC(=O)/C=C/C[C@@H]([C@H](C)[C@H]3O[C@@H]3c3ccc(Cn4cc(CCCC(=O)O)nn4)cc3)OC(=O)[C@H](CC(C)C)OC(=O)C(C)(C)CNC2=O)cc1Cl. The number of amides is 4. The fourth-order valence-electron chi connectivity index (χ4n) is 12.5. The number of nitrogens with zero attached hydrogens (tertiary/aromatic N) is 6. The first-order chi connectivity index (χ1) is 52.2. The number of hydrogen-bond acceptors (Lipinski definition) is 20. The van der Waals surface area contributed by atoms with Crippen LogP contribution in [-0.2, 0) is 104 Å². The predicted molar refractivity (Wildman–Crippen MR) is 406 cm³/mol. The molecule has 592 valence electrons. The topological polar surface area (TPSA) is 382 Å². The monoisotopic (exact) mass is 1560 g/mol.